The summed E-state index contributed by atoms with van der Waals surface area (Å²) in [5.74, 6) is 0. The average Bonchev–Trinajstić information content (AvgIpc) is 2.34. The van der Waals surface area contributed by atoms with E-state index in [0.29, 0.717) is 6.04 Å². The molecule has 1 fully saturated rings. The van der Waals surface area contributed by atoms with Gasteiger partial charge in [0.2, 0.25) is 0 Å². The molecule has 0 aromatic heterocycles. The summed E-state index contributed by atoms with van der Waals surface area (Å²) in [5, 5.41) is 0. The second-order valence-electron chi connectivity index (χ2n) is 5.18. The van der Waals surface area contributed by atoms with E-state index in [1.807, 2.05) is 0 Å². The van der Waals surface area contributed by atoms with Gasteiger partial charge in [-0.15, -0.1) is 0 Å². The van der Waals surface area contributed by atoms with Crippen LogP contribution in [0.2, 0.25) is 0 Å². The summed E-state index contributed by atoms with van der Waals surface area (Å²) in [7, 11) is 0. The maximum Gasteiger partial charge on any atom is 0.0495 e. The number of unbranched alkanes of at least 4 members (excludes halogenated alkanes) is 6. The fraction of sp³-hybridized carbons (Fsp3) is 0.933. The standard InChI is InChI=1S/C15H29N/c1-2-3-4-5-6-7-11-14-16-15-12-9-8-10-13-15/h14-15H,2-13H2,1H3/b16-14-. The molecule has 1 rings (SSSR count). The SMILES string of the molecule is CCCCCCCC/C=N\C1CCCCC1. The van der Waals surface area contributed by atoms with Crippen LogP contribution in [0.3, 0.4) is 0 Å². The number of rotatable bonds is 8. The molecule has 0 N–H and O–H groups in total. The van der Waals surface area contributed by atoms with Crippen molar-refractivity contribution in [3.8, 4) is 0 Å². The molecule has 0 unspecified atom stereocenters. The van der Waals surface area contributed by atoms with Crippen molar-refractivity contribution in [2.24, 2.45) is 4.99 Å². The van der Waals surface area contributed by atoms with Gasteiger partial charge in [-0.2, -0.15) is 0 Å². The summed E-state index contributed by atoms with van der Waals surface area (Å²) in [6.45, 7) is 2.27. The summed E-state index contributed by atoms with van der Waals surface area (Å²) in [4.78, 5) is 4.69. The lowest BCUT2D eigenvalue weighted by Gasteiger charge is -2.17. The Bertz CT molecular complexity index is 168. The Hall–Kier alpha value is -0.330. The minimum Gasteiger partial charge on any atom is -0.294 e. The molecule has 0 aromatic carbocycles. The molecule has 0 heterocycles. The summed E-state index contributed by atoms with van der Waals surface area (Å²) in [5.41, 5.74) is 0. The van der Waals surface area contributed by atoms with E-state index >= 15 is 0 Å². The lowest BCUT2D eigenvalue weighted by atomic mass is 9.96. The molecule has 16 heavy (non-hydrogen) atoms. The Labute approximate surface area is 102 Å². The van der Waals surface area contributed by atoms with Crippen LogP contribution in [0, 0.1) is 0 Å². The molecule has 0 spiro atoms. The Morgan fingerprint density at radius 1 is 0.938 bits per heavy atom. The predicted molar refractivity (Wildman–Crippen MR) is 73.4 cm³/mol. The van der Waals surface area contributed by atoms with Crippen molar-refractivity contribution < 1.29 is 0 Å². The van der Waals surface area contributed by atoms with E-state index in [9.17, 15) is 0 Å². The van der Waals surface area contributed by atoms with Gasteiger partial charge in [0.25, 0.3) is 0 Å². The van der Waals surface area contributed by atoms with Gasteiger partial charge in [0.05, 0.1) is 0 Å². The van der Waals surface area contributed by atoms with Crippen LogP contribution in [0.15, 0.2) is 4.99 Å². The molecule has 0 aromatic rings. The van der Waals surface area contributed by atoms with Gasteiger partial charge in [-0.25, -0.2) is 0 Å². The number of aliphatic imine (C=N–C) groups is 1. The molecule has 1 aliphatic rings. The second kappa shape index (κ2) is 9.86. The smallest absolute Gasteiger partial charge is 0.0495 e. The van der Waals surface area contributed by atoms with E-state index in [4.69, 9.17) is 4.99 Å². The van der Waals surface area contributed by atoms with Crippen molar-refractivity contribution in [2.45, 2.75) is 90.0 Å². The zero-order chi connectivity index (χ0) is 11.5. The molecule has 0 bridgehead atoms. The highest BCUT2D eigenvalue weighted by atomic mass is 14.8. The van der Waals surface area contributed by atoms with Crippen molar-refractivity contribution in [2.75, 3.05) is 0 Å². The van der Waals surface area contributed by atoms with Crippen molar-refractivity contribution in [1.82, 2.24) is 0 Å². The summed E-state index contributed by atoms with van der Waals surface area (Å²) < 4.78 is 0. The molecule has 94 valence electrons. The van der Waals surface area contributed by atoms with Crippen molar-refractivity contribution in [3.63, 3.8) is 0 Å². The number of nitrogens with zero attached hydrogens (tertiary/aromatic N) is 1. The molecule has 1 heteroatoms. The normalized spacial score (nSPS) is 18.3. The molecule has 1 aliphatic carbocycles. The highest BCUT2D eigenvalue weighted by Crippen LogP contribution is 2.19. The average molecular weight is 223 g/mol. The molecule has 0 saturated heterocycles. The van der Waals surface area contributed by atoms with Gasteiger partial charge in [0.1, 0.15) is 0 Å². The highest BCUT2D eigenvalue weighted by molar-refractivity contribution is 5.57. The molecular weight excluding hydrogens is 194 g/mol. The minimum absolute atomic E-state index is 0.675. The molecule has 1 nitrogen and oxygen atoms in total. The Morgan fingerprint density at radius 2 is 1.62 bits per heavy atom. The fourth-order valence-electron chi connectivity index (χ4n) is 2.47. The van der Waals surface area contributed by atoms with Crippen LogP contribution in [-0.2, 0) is 0 Å². The maximum absolute atomic E-state index is 4.69. The molecule has 0 aliphatic heterocycles. The van der Waals surface area contributed by atoms with Crippen LogP contribution in [0.25, 0.3) is 0 Å². The molecule has 0 amide bonds. The summed E-state index contributed by atoms with van der Waals surface area (Å²) in [6, 6.07) is 0.675. The van der Waals surface area contributed by atoms with E-state index in [-0.39, 0.29) is 0 Å². The van der Waals surface area contributed by atoms with Crippen LogP contribution in [0.5, 0.6) is 0 Å². The monoisotopic (exact) mass is 223 g/mol. The maximum atomic E-state index is 4.69. The molecular formula is C15H29N. The van der Waals surface area contributed by atoms with E-state index in [0.717, 1.165) is 0 Å². The fourth-order valence-corrected chi connectivity index (χ4v) is 2.47. The van der Waals surface area contributed by atoms with E-state index < -0.39 is 0 Å². The molecule has 1 saturated carbocycles. The molecule has 0 radical (unpaired) electrons. The number of hydrogen-bond acceptors (Lipinski definition) is 1. The predicted octanol–water partition coefficient (Wildman–Crippen LogP) is 5.14. The van der Waals surface area contributed by atoms with Crippen LogP contribution in [0.1, 0.15) is 84.0 Å². The Balaban J connectivity index is 1.87. The first-order chi connectivity index (χ1) is 7.93. The van der Waals surface area contributed by atoms with E-state index in [1.54, 1.807) is 0 Å². The van der Waals surface area contributed by atoms with Gasteiger partial charge in [-0.1, -0.05) is 58.3 Å². The van der Waals surface area contributed by atoms with Gasteiger partial charge >= 0.3 is 0 Å². The van der Waals surface area contributed by atoms with Gasteiger partial charge in [-0.05, 0) is 31.9 Å². The van der Waals surface area contributed by atoms with Gasteiger partial charge in [-0.3, -0.25) is 4.99 Å². The third-order valence-corrected chi connectivity index (χ3v) is 3.58. The first kappa shape index (κ1) is 13.7. The first-order valence-electron chi connectivity index (χ1n) is 7.45. The van der Waals surface area contributed by atoms with Crippen LogP contribution >= 0.6 is 0 Å². The Morgan fingerprint density at radius 3 is 2.38 bits per heavy atom. The van der Waals surface area contributed by atoms with Crippen LogP contribution in [0.4, 0.5) is 0 Å². The zero-order valence-corrected chi connectivity index (χ0v) is 11.1. The summed E-state index contributed by atoms with van der Waals surface area (Å²) >= 11 is 0. The van der Waals surface area contributed by atoms with Gasteiger partial charge in [0, 0.05) is 6.04 Å². The lowest BCUT2D eigenvalue weighted by Crippen LogP contribution is -2.09. The van der Waals surface area contributed by atoms with Crippen molar-refractivity contribution in [3.05, 3.63) is 0 Å². The lowest BCUT2D eigenvalue weighted by molar-refractivity contribution is 0.443. The third kappa shape index (κ3) is 7.03. The first-order valence-corrected chi connectivity index (χ1v) is 7.45. The van der Waals surface area contributed by atoms with Gasteiger partial charge in [0.15, 0.2) is 0 Å². The number of hydrogen-bond donors (Lipinski definition) is 0. The van der Waals surface area contributed by atoms with Crippen LogP contribution in [-0.4, -0.2) is 12.3 Å². The quantitative estimate of drug-likeness (QED) is 0.399. The van der Waals surface area contributed by atoms with Gasteiger partial charge < -0.3 is 0 Å². The van der Waals surface area contributed by atoms with Crippen molar-refractivity contribution >= 4 is 6.21 Å². The van der Waals surface area contributed by atoms with E-state index in [1.165, 1.54) is 77.0 Å². The molecule has 0 atom stereocenters. The van der Waals surface area contributed by atoms with E-state index in [2.05, 4.69) is 13.1 Å². The van der Waals surface area contributed by atoms with Crippen LogP contribution < -0.4 is 0 Å². The Kier molecular flexibility index (Phi) is 8.47. The largest absolute Gasteiger partial charge is 0.294 e. The second-order valence-corrected chi connectivity index (χ2v) is 5.18. The topological polar surface area (TPSA) is 12.4 Å². The highest BCUT2D eigenvalue weighted by Gasteiger charge is 2.10. The zero-order valence-electron chi connectivity index (χ0n) is 11.1. The minimum atomic E-state index is 0.675. The van der Waals surface area contributed by atoms with Crippen molar-refractivity contribution in [1.29, 1.82) is 0 Å². The summed E-state index contributed by atoms with van der Waals surface area (Å²) in [6.07, 6.45) is 18.7. The third-order valence-electron chi connectivity index (χ3n) is 3.58.